The zero-order valence-electron chi connectivity index (χ0n) is 16.6. The van der Waals surface area contributed by atoms with Gasteiger partial charge < -0.3 is 15.8 Å². The maximum atomic E-state index is 12.8. The normalized spacial score (nSPS) is 13.0. The van der Waals surface area contributed by atoms with Gasteiger partial charge in [-0.1, -0.05) is 6.08 Å². The highest BCUT2D eigenvalue weighted by molar-refractivity contribution is 7.12. The van der Waals surface area contributed by atoms with E-state index in [1.807, 2.05) is 24.3 Å². The number of hydrogen-bond acceptors (Lipinski definition) is 7. The Morgan fingerprint density at radius 2 is 2.16 bits per heavy atom. The Bertz CT molecular complexity index is 1270. The number of pyridine rings is 1. The maximum absolute atomic E-state index is 12.8. The average Bonchev–Trinajstić information content (AvgIpc) is 3.37. The lowest BCUT2D eigenvalue weighted by molar-refractivity contribution is -0.118. The Hall–Kier alpha value is -3.64. The molecule has 0 radical (unpaired) electrons. The number of carbonyl (C=O) groups excluding carboxylic acids is 1. The summed E-state index contributed by atoms with van der Waals surface area (Å²) in [5, 5.41) is 6.60. The van der Waals surface area contributed by atoms with Crippen LogP contribution in [0.3, 0.4) is 0 Å². The predicted molar refractivity (Wildman–Crippen MR) is 115 cm³/mol. The molecule has 0 aromatic carbocycles. The van der Waals surface area contributed by atoms with Gasteiger partial charge in [-0.05, 0) is 29.8 Å². The van der Waals surface area contributed by atoms with Crippen molar-refractivity contribution in [2.75, 3.05) is 18.5 Å². The first-order valence-electron chi connectivity index (χ1n) is 9.47. The van der Waals surface area contributed by atoms with Crippen molar-refractivity contribution in [3.8, 4) is 5.88 Å². The summed E-state index contributed by atoms with van der Waals surface area (Å²) >= 11 is 1.47. The summed E-state index contributed by atoms with van der Waals surface area (Å²) < 4.78 is 33.1. The van der Waals surface area contributed by atoms with Crippen LogP contribution in [-0.2, 0) is 17.9 Å². The third-order valence-electron chi connectivity index (χ3n) is 4.59. The van der Waals surface area contributed by atoms with Crippen molar-refractivity contribution in [1.82, 2.24) is 19.3 Å². The average molecular weight is 460 g/mol. The molecule has 1 aliphatic rings. The molecule has 3 aromatic rings. The van der Waals surface area contributed by atoms with Crippen LogP contribution >= 0.6 is 11.3 Å². The number of amides is 1. The molecule has 32 heavy (non-hydrogen) atoms. The minimum atomic E-state index is -1.90. The first-order chi connectivity index (χ1) is 15.4. The van der Waals surface area contributed by atoms with Crippen LogP contribution in [-0.4, -0.2) is 38.4 Å². The van der Waals surface area contributed by atoms with Crippen LogP contribution in [0.4, 0.5) is 14.5 Å². The molecule has 4 heterocycles. The first kappa shape index (κ1) is 21.6. The molecule has 166 valence electrons. The smallest absolute Gasteiger partial charge is 0.346 e. The molecule has 0 bridgehead atoms. The fourth-order valence-electron chi connectivity index (χ4n) is 2.97. The molecule has 3 N–H and O–H groups in total. The highest BCUT2D eigenvalue weighted by Gasteiger charge is 2.17. The number of nitrogens with zero attached hydrogens (tertiary/aromatic N) is 4. The van der Waals surface area contributed by atoms with Crippen molar-refractivity contribution >= 4 is 35.1 Å². The molecule has 0 spiro atoms. The van der Waals surface area contributed by atoms with Crippen molar-refractivity contribution < 1.29 is 18.3 Å². The van der Waals surface area contributed by atoms with Gasteiger partial charge in [-0.2, -0.15) is 13.9 Å². The molecule has 4 rings (SSSR count). The van der Waals surface area contributed by atoms with Crippen molar-refractivity contribution in [3.63, 3.8) is 0 Å². The quantitative estimate of drug-likeness (QED) is 0.558. The molecule has 9 nitrogen and oxygen atoms in total. The van der Waals surface area contributed by atoms with Gasteiger partial charge in [0, 0.05) is 28.1 Å². The van der Waals surface area contributed by atoms with Gasteiger partial charge >= 0.3 is 5.69 Å². The fraction of sp³-hybridized carbons (Fsp3) is 0.200. The highest BCUT2D eigenvalue weighted by Crippen LogP contribution is 2.27. The van der Waals surface area contributed by atoms with Crippen LogP contribution < -0.4 is 21.5 Å². The van der Waals surface area contributed by atoms with Gasteiger partial charge in [-0.25, -0.2) is 14.5 Å². The summed E-state index contributed by atoms with van der Waals surface area (Å²) in [6, 6.07) is 5.54. The summed E-state index contributed by atoms with van der Waals surface area (Å²) in [6.07, 6.45) is 4.79. The van der Waals surface area contributed by atoms with Gasteiger partial charge in [0.15, 0.2) is 6.61 Å². The van der Waals surface area contributed by atoms with E-state index in [1.165, 1.54) is 22.2 Å². The SMILES string of the molecule is NCC(Cn1ncn(Cc2ccc(/C=C/c3cnc4c(c3)NC(=O)CO4)s2)c1=O)=C(F)F. The third-order valence-corrected chi connectivity index (χ3v) is 5.62. The van der Waals surface area contributed by atoms with Gasteiger partial charge in [0.2, 0.25) is 5.88 Å². The number of ether oxygens (including phenoxy) is 1. The molecule has 0 aliphatic carbocycles. The van der Waals surface area contributed by atoms with E-state index < -0.39 is 11.8 Å². The number of fused-ring (bicyclic) bond motifs is 1. The molecule has 0 saturated heterocycles. The van der Waals surface area contributed by atoms with Crippen molar-refractivity contribution in [2.45, 2.75) is 13.1 Å². The maximum Gasteiger partial charge on any atom is 0.346 e. The number of carbonyl (C=O) groups is 1. The van der Waals surface area contributed by atoms with E-state index in [0.717, 1.165) is 20.0 Å². The van der Waals surface area contributed by atoms with Gasteiger partial charge in [-0.3, -0.25) is 9.36 Å². The minimum Gasteiger partial charge on any atom is -0.466 e. The molecule has 0 atom stereocenters. The lowest BCUT2D eigenvalue weighted by atomic mass is 10.2. The van der Waals surface area contributed by atoms with Crippen LogP contribution in [0.25, 0.3) is 12.2 Å². The molecule has 12 heteroatoms. The van der Waals surface area contributed by atoms with Gasteiger partial charge in [0.05, 0.1) is 13.1 Å². The topological polar surface area (TPSA) is 117 Å². The third kappa shape index (κ3) is 4.81. The fourth-order valence-corrected chi connectivity index (χ4v) is 3.89. The highest BCUT2D eigenvalue weighted by atomic mass is 32.1. The number of anilines is 1. The van der Waals surface area contributed by atoms with Crippen LogP contribution in [0, 0.1) is 0 Å². The molecule has 1 amide bonds. The van der Waals surface area contributed by atoms with E-state index in [4.69, 9.17) is 10.5 Å². The zero-order chi connectivity index (χ0) is 22.7. The second-order valence-electron chi connectivity index (χ2n) is 6.86. The van der Waals surface area contributed by atoms with Crippen molar-refractivity contribution in [2.24, 2.45) is 5.73 Å². The second-order valence-corrected chi connectivity index (χ2v) is 8.06. The number of hydrogen-bond donors (Lipinski definition) is 2. The van der Waals surface area contributed by atoms with E-state index in [0.29, 0.717) is 11.6 Å². The number of nitrogens with one attached hydrogen (secondary N) is 1. The minimum absolute atomic E-state index is 0.0488. The van der Waals surface area contributed by atoms with Gasteiger partial charge in [0.1, 0.15) is 12.0 Å². The standard InChI is InChI=1S/C20H18F2N6O3S/c21-18(22)13(6-23)8-28-20(30)27(11-25-28)9-15-4-3-14(32-15)2-1-12-5-16-19(24-7-12)31-10-17(29)26-16/h1-5,7,11H,6,8-10,23H2,(H,26,29)/b2-1+. The molecule has 0 unspecified atom stereocenters. The Morgan fingerprint density at radius 1 is 1.31 bits per heavy atom. The number of thiophene rings is 1. The largest absolute Gasteiger partial charge is 0.466 e. The second kappa shape index (κ2) is 9.24. The Morgan fingerprint density at radius 3 is 2.94 bits per heavy atom. The molecule has 1 aliphatic heterocycles. The predicted octanol–water partition coefficient (Wildman–Crippen LogP) is 2.16. The lowest BCUT2D eigenvalue weighted by Gasteiger charge is -2.16. The molecule has 0 saturated carbocycles. The van der Waals surface area contributed by atoms with Crippen LogP contribution in [0.1, 0.15) is 15.3 Å². The number of nitrogens with two attached hydrogens (primary N) is 1. The van der Waals surface area contributed by atoms with E-state index in [-0.39, 0.29) is 37.7 Å². The summed E-state index contributed by atoms with van der Waals surface area (Å²) in [5.41, 5.74) is 5.77. The van der Waals surface area contributed by atoms with Crippen LogP contribution in [0.5, 0.6) is 5.88 Å². The Labute approximate surface area is 184 Å². The van der Waals surface area contributed by atoms with Gasteiger partial charge in [-0.15, -0.1) is 11.3 Å². The monoisotopic (exact) mass is 460 g/mol. The number of aromatic nitrogens is 4. The van der Waals surface area contributed by atoms with Crippen molar-refractivity contribution in [1.29, 1.82) is 0 Å². The number of halogens is 2. The van der Waals surface area contributed by atoms with Crippen LogP contribution in [0.2, 0.25) is 0 Å². The molecular formula is C20H18F2N6O3S. The zero-order valence-corrected chi connectivity index (χ0v) is 17.4. The van der Waals surface area contributed by atoms with E-state index in [1.54, 1.807) is 12.3 Å². The van der Waals surface area contributed by atoms with Gasteiger partial charge in [0.25, 0.3) is 12.0 Å². The first-order valence-corrected chi connectivity index (χ1v) is 10.3. The molecular weight excluding hydrogens is 442 g/mol. The van der Waals surface area contributed by atoms with Crippen molar-refractivity contribution in [3.05, 3.63) is 68.2 Å². The molecule has 3 aromatic heterocycles. The van der Waals surface area contributed by atoms with E-state index in [2.05, 4.69) is 15.4 Å². The van der Waals surface area contributed by atoms with Crippen LogP contribution in [0.15, 0.2) is 47.2 Å². The summed E-state index contributed by atoms with van der Waals surface area (Å²) in [6.45, 7) is -0.474. The van der Waals surface area contributed by atoms with E-state index >= 15 is 0 Å². The lowest BCUT2D eigenvalue weighted by Crippen LogP contribution is -2.27. The summed E-state index contributed by atoms with van der Waals surface area (Å²) in [7, 11) is 0. The Kier molecular flexibility index (Phi) is 6.23. The summed E-state index contributed by atoms with van der Waals surface area (Å²) in [4.78, 5) is 29.9. The van der Waals surface area contributed by atoms with E-state index in [9.17, 15) is 18.4 Å². The summed E-state index contributed by atoms with van der Waals surface area (Å²) in [5.74, 6) is 0.154. The molecule has 0 fully saturated rings. The Balaban J connectivity index is 1.44. The number of rotatable bonds is 7.